The van der Waals surface area contributed by atoms with E-state index < -0.39 is 6.10 Å². The lowest BCUT2D eigenvalue weighted by Gasteiger charge is -2.18. The molecule has 0 aliphatic heterocycles. The summed E-state index contributed by atoms with van der Waals surface area (Å²) >= 11 is 0. The van der Waals surface area contributed by atoms with Crippen molar-refractivity contribution in [2.75, 3.05) is 11.9 Å². The van der Waals surface area contributed by atoms with Gasteiger partial charge in [0.15, 0.2) is 0 Å². The Balaban J connectivity index is 1.28. The fourth-order valence-electron chi connectivity index (χ4n) is 4.64. The molecule has 4 rings (SSSR count). The van der Waals surface area contributed by atoms with Gasteiger partial charge < -0.3 is 31.3 Å². The Morgan fingerprint density at radius 2 is 1.61 bits per heavy atom. The first-order chi connectivity index (χ1) is 19.8. The molecule has 0 aromatic heterocycles. The molecule has 6 N–H and O–H groups in total. The van der Waals surface area contributed by atoms with Crippen LogP contribution in [0.2, 0.25) is 0 Å². The molecule has 2 amide bonds. The number of amides is 2. The predicted molar refractivity (Wildman–Crippen MR) is 159 cm³/mol. The molecule has 4 aromatic rings. The minimum absolute atomic E-state index is 0.0401. The summed E-state index contributed by atoms with van der Waals surface area (Å²) in [5.41, 5.74) is 5.41. The van der Waals surface area contributed by atoms with Gasteiger partial charge >= 0.3 is 0 Å². The minimum Gasteiger partial charge on any atom is -0.508 e. The summed E-state index contributed by atoms with van der Waals surface area (Å²) < 4.78 is 0. The molecule has 0 aliphatic carbocycles. The molecule has 0 unspecified atom stereocenters. The monoisotopic (exact) mass is 553 g/mol. The Hall–Kier alpha value is -4.66. The van der Waals surface area contributed by atoms with Gasteiger partial charge in [0.2, 0.25) is 12.3 Å². The number of benzene rings is 4. The zero-order valence-electron chi connectivity index (χ0n) is 22.9. The lowest BCUT2D eigenvalue weighted by molar-refractivity contribution is -0.120. The van der Waals surface area contributed by atoms with E-state index in [1.54, 1.807) is 12.1 Å². The third kappa shape index (κ3) is 8.41. The number of aliphatic hydroxyl groups is 1. The normalized spacial score (nSPS) is 12.3. The van der Waals surface area contributed by atoms with Crippen LogP contribution in [-0.4, -0.2) is 40.2 Å². The summed E-state index contributed by atoms with van der Waals surface area (Å²) in [6.07, 6.45) is 0.550. The summed E-state index contributed by atoms with van der Waals surface area (Å²) in [4.78, 5) is 23.4. The van der Waals surface area contributed by atoms with Crippen LogP contribution in [0.25, 0.3) is 11.1 Å². The molecule has 41 heavy (non-hydrogen) atoms. The number of nitrogens with one attached hydrogen (secondary N) is 3. The third-order valence-electron chi connectivity index (χ3n) is 6.84. The van der Waals surface area contributed by atoms with Crippen molar-refractivity contribution in [2.24, 2.45) is 0 Å². The van der Waals surface area contributed by atoms with Crippen molar-refractivity contribution in [3.63, 3.8) is 0 Å². The van der Waals surface area contributed by atoms with Crippen LogP contribution in [0.15, 0.2) is 91.0 Å². The summed E-state index contributed by atoms with van der Waals surface area (Å²) in [7, 11) is 0. The zero-order valence-corrected chi connectivity index (χ0v) is 22.9. The van der Waals surface area contributed by atoms with Crippen LogP contribution in [0.3, 0.4) is 0 Å². The topological polar surface area (TPSA) is 131 Å². The number of phenols is 2. The van der Waals surface area contributed by atoms with Crippen LogP contribution in [0.5, 0.6) is 11.5 Å². The highest BCUT2D eigenvalue weighted by Crippen LogP contribution is 2.27. The Kier molecular flexibility index (Phi) is 10.1. The van der Waals surface area contributed by atoms with Gasteiger partial charge in [-0.1, -0.05) is 66.7 Å². The molecule has 0 saturated heterocycles. The molecule has 0 radical (unpaired) electrons. The van der Waals surface area contributed by atoms with E-state index in [2.05, 4.69) is 16.0 Å². The van der Waals surface area contributed by atoms with Gasteiger partial charge in [-0.2, -0.15) is 0 Å². The first-order valence-corrected chi connectivity index (χ1v) is 13.5. The highest BCUT2D eigenvalue weighted by atomic mass is 16.3. The van der Waals surface area contributed by atoms with E-state index in [1.165, 1.54) is 12.1 Å². The molecule has 8 heteroatoms. The maximum Gasteiger partial charge on any atom is 0.224 e. The molecular formula is C33H35N3O5. The summed E-state index contributed by atoms with van der Waals surface area (Å²) in [6, 6.07) is 27.7. The first kappa shape index (κ1) is 29.3. The SMILES string of the molecule is C[C@H](Cc1cccc(CC(=O)NCc2cc(-c3ccccc3)ccc2O)c1)NC[C@H](O)c1ccc(O)c(NC=O)c1. The molecule has 0 fully saturated rings. The van der Waals surface area contributed by atoms with E-state index in [4.69, 9.17) is 0 Å². The molecule has 2 atom stereocenters. The molecule has 0 spiro atoms. The lowest BCUT2D eigenvalue weighted by atomic mass is 10.0. The Morgan fingerprint density at radius 3 is 2.39 bits per heavy atom. The van der Waals surface area contributed by atoms with Crippen molar-refractivity contribution >= 4 is 18.0 Å². The molecule has 0 saturated carbocycles. The Bertz CT molecular complexity index is 1480. The number of anilines is 1. The van der Waals surface area contributed by atoms with Gasteiger partial charge in [0, 0.05) is 24.7 Å². The third-order valence-corrected chi connectivity index (χ3v) is 6.84. The summed E-state index contributed by atoms with van der Waals surface area (Å²) in [6.45, 7) is 2.52. The molecular weight excluding hydrogens is 518 g/mol. The number of rotatable bonds is 13. The fourth-order valence-corrected chi connectivity index (χ4v) is 4.64. The second kappa shape index (κ2) is 14.1. The van der Waals surface area contributed by atoms with Crippen molar-refractivity contribution in [1.82, 2.24) is 10.6 Å². The number of aliphatic hydroxyl groups excluding tert-OH is 1. The van der Waals surface area contributed by atoms with Gasteiger partial charge in [0.1, 0.15) is 11.5 Å². The second-order valence-corrected chi connectivity index (χ2v) is 10.1. The van der Waals surface area contributed by atoms with Gasteiger partial charge in [0.25, 0.3) is 0 Å². The molecule has 8 nitrogen and oxygen atoms in total. The smallest absolute Gasteiger partial charge is 0.224 e. The van der Waals surface area contributed by atoms with Gasteiger partial charge in [-0.3, -0.25) is 9.59 Å². The molecule has 4 aromatic carbocycles. The maximum atomic E-state index is 12.7. The van der Waals surface area contributed by atoms with Crippen LogP contribution in [0, 0.1) is 0 Å². The van der Waals surface area contributed by atoms with Crippen LogP contribution in [0.1, 0.15) is 35.3 Å². The van der Waals surface area contributed by atoms with Gasteiger partial charge in [-0.25, -0.2) is 0 Å². The van der Waals surface area contributed by atoms with Gasteiger partial charge in [-0.15, -0.1) is 0 Å². The highest BCUT2D eigenvalue weighted by Gasteiger charge is 2.13. The minimum atomic E-state index is -0.826. The largest absolute Gasteiger partial charge is 0.508 e. The Morgan fingerprint density at radius 1 is 0.854 bits per heavy atom. The van der Waals surface area contributed by atoms with Crippen LogP contribution in [-0.2, 0) is 29.0 Å². The predicted octanol–water partition coefficient (Wildman–Crippen LogP) is 4.45. The van der Waals surface area contributed by atoms with E-state index in [1.807, 2.05) is 73.7 Å². The van der Waals surface area contributed by atoms with Gasteiger partial charge in [0.05, 0.1) is 18.2 Å². The summed E-state index contributed by atoms with van der Waals surface area (Å²) in [5.74, 6) is -0.0706. The van der Waals surface area contributed by atoms with Crippen molar-refractivity contribution in [3.8, 4) is 22.6 Å². The van der Waals surface area contributed by atoms with Crippen LogP contribution >= 0.6 is 0 Å². The second-order valence-electron chi connectivity index (χ2n) is 10.1. The number of carbonyl (C=O) groups is 2. The van der Waals surface area contributed by atoms with E-state index >= 15 is 0 Å². The van der Waals surface area contributed by atoms with Crippen molar-refractivity contribution in [3.05, 3.63) is 113 Å². The highest BCUT2D eigenvalue weighted by molar-refractivity contribution is 5.79. The van der Waals surface area contributed by atoms with E-state index in [0.717, 1.165) is 22.3 Å². The number of phenolic OH excluding ortho intramolecular Hbond substituents is 2. The molecule has 0 heterocycles. The van der Waals surface area contributed by atoms with E-state index in [-0.39, 0.29) is 48.6 Å². The molecule has 0 aliphatic rings. The van der Waals surface area contributed by atoms with Crippen LogP contribution < -0.4 is 16.0 Å². The van der Waals surface area contributed by atoms with Crippen molar-refractivity contribution < 1.29 is 24.9 Å². The quantitative estimate of drug-likeness (QED) is 0.107. The molecule has 0 bridgehead atoms. The van der Waals surface area contributed by atoms with Crippen molar-refractivity contribution in [2.45, 2.75) is 38.5 Å². The summed E-state index contributed by atoms with van der Waals surface area (Å²) in [5, 5.41) is 39.3. The average molecular weight is 554 g/mol. The maximum absolute atomic E-state index is 12.7. The van der Waals surface area contributed by atoms with E-state index in [9.17, 15) is 24.9 Å². The first-order valence-electron chi connectivity index (χ1n) is 13.5. The number of hydrogen-bond donors (Lipinski definition) is 6. The lowest BCUT2D eigenvalue weighted by Crippen LogP contribution is -2.32. The van der Waals surface area contributed by atoms with Gasteiger partial charge in [-0.05, 0) is 65.4 Å². The fraction of sp³-hybridized carbons (Fsp3) is 0.212. The standard InChI is InChI=1S/C33H35N3O5/c1-22(34-20-32(40)27-11-13-31(39)29(18-27)36-21-37)14-23-6-5-7-24(15-23)16-33(41)35-19-28-17-26(10-12-30(28)38)25-8-3-2-4-9-25/h2-13,15,17-18,21-22,32,34,38-40H,14,16,19-20H2,1H3,(H,35,41)(H,36,37)/t22-,32+/m1/s1. The van der Waals surface area contributed by atoms with Crippen LogP contribution in [0.4, 0.5) is 5.69 Å². The zero-order chi connectivity index (χ0) is 29.2. The average Bonchev–Trinajstić information content (AvgIpc) is 2.97. The number of hydrogen-bond acceptors (Lipinski definition) is 6. The molecule has 212 valence electrons. The van der Waals surface area contributed by atoms with Crippen molar-refractivity contribution in [1.29, 1.82) is 0 Å². The number of aromatic hydroxyl groups is 2. The Labute approximate surface area is 239 Å². The van der Waals surface area contributed by atoms with E-state index in [0.29, 0.717) is 24.0 Å². The number of carbonyl (C=O) groups excluding carboxylic acids is 2.